The second-order valence-corrected chi connectivity index (χ2v) is 8.28. The highest BCUT2D eigenvalue weighted by Crippen LogP contribution is 2.33. The topological polar surface area (TPSA) is 86.2 Å². The van der Waals surface area contributed by atoms with Gasteiger partial charge in [-0.25, -0.2) is 13.2 Å². The number of halogens is 4. The number of hydrogen-bond acceptors (Lipinski definition) is 5. The number of oxime groups is 1. The van der Waals surface area contributed by atoms with Crippen LogP contribution in [0.2, 0.25) is 5.02 Å². The summed E-state index contributed by atoms with van der Waals surface area (Å²) in [6, 6.07) is 4.75. The Bertz CT molecular complexity index is 1090. The van der Waals surface area contributed by atoms with Crippen molar-refractivity contribution in [2.45, 2.75) is 24.9 Å². The van der Waals surface area contributed by atoms with Crippen molar-refractivity contribution in [3.05, 3.63) is 63.4 Å². The van der Waals surface area contributed by atoms with Gasteiger partial charge in [0, 0.05) is 37.5 Å². The predicted molar refractivity (Wildman–Crippen MR) is 114 cm³/mol. The van der Waals surface area contributed by atoms with Crippen LogP contribution in [0.4, 0.5) is 18.9 Å². The van der Waals surface area contributed by atoms with E-state index in [1.165, 1.54) is 18.2 Å². The molecule has 1 fully saturated rings. The molecular formula is C21H21ClF3N5O. The van der Waals surface area contributed by atoms with Crippen molar-refractivity contribution in [3.63, 3.8) is 0 Å². The first-order valence-corrected chi connectivity index (χ1v) is 10.1. The molecule has 0 radical (unpaired) electrons. The first-order chi connectivity index (χ1) is 14.8. The molecule has 0 aliphatic carbocycles. The molecule has 31 heavy (non-hydrogen) atoms. The molecule has 0 aromatic heterocycles. The van der Waals surface area contributed by atoms with E-state index in [9.17, 15) is 18.4 Å². The summed E-state index contributed by atoms with van der Waals surface area (Å²) in [5.74, 6) is -2.22. The molecule has 164 valence electrons. The highest BCUT2D eigenvalue weighted by Gasteiger charge is 2.32. The minimum atomic E-state index is -1.09. The van der Waals surface area contributed by atoms with Gasteiger partial charge in [0.05, 0.1) is 22.5 Å². The summed E-state index contributed by atoms with van der Waals surface area (Å²) in [5.41, 5.74) is 7.40. The maximum Gasteiger partial charge on any atom is 0.182 e. The number of anilines is 1. The Kier molecular flexibility index (Phi) is 5.92. The number of benzene rings is 2. The Morgan fingerprint density at radius 1 is 1.26 bits per heavy atom. The van der Waals surface area contributed by atoms with Crippen molar-refractivity contribution in [3.8, 4) is 0 Å². The summed E-state index contributed by atoms with van der Waals surface area (Å²) in [5, 5.41) is 15.7. The molecule has 2 aliphatic rings. The summed E-state index contributed by atoms with van der Waals surface area (Å²) in [6.45, 7) is 1.37. The smallest absolute Gasteiger partial charge is 0.182 e. The van der Waals surface area contributed by atoms with Gasteiger partial charge in [0.2, 0.25) is 0 Å². The fraction of sp³-hybridized carbons (Fsp3) is 0.333. The van der Waals surface area contributed by atoms with Crippen LogP contribution in [0.1, 0.15) is 16.7 Å². The van der Waals surface area contributed by atoms with Gasteiger partial charge in [0.25, 0.3) is 0 Å². The zero-order chi connectivity index (χ0) is 22.3. The van der Waals surface area contributed by atoms with Crippen molar-refractivity contribution in [1.29, 1.82) is 0 Å². The summed E-state index contributed by atoms with van der Waals surface area (Å²) in [4.78, 5) is 6.66. The third-order valence-electron chi connectivity index (χ3n) is 5.56. The molecule has 2 aromatic carbocycles. The van der Waals surface area contributed by atoms with Gasteiger partial charge in [-0.15, -0.1) is 0 Å². The number of nitrogens with one attached hydrogen (secondary N) is 1. The summed E-state index contributed by atoms with van der Waals surface area (Å²) in [7, 11) is 1.94. The number of amidine groups is 1. The van der Waals surface area contributed by atoms with Gasteiger partial charge in [0.1, 0.15) is 11.7 Å². The van der Waals surface area contributed by atoms with E-state index in [2.05, 4.69) is 20.4 Å². The first-order valence-electron chi connectivity index (χ1n) is 9.70. The lowest BCUT2D eigenvalue weighted by molar-refractivity contribution is 0.318. The third kappa shape index (κ3) is 4.26. The SMILES string of the molecule is CN1CC(N)[C@H](N=C2Cc3c(/C(Cc4ccc(F)c(Cl)c4)=N/O)cc(F)c(F)c3N2)C1. The summed E-state index contributed by atoms with van der Waals surface area (Å²) in [6.07, 6.45) is 0.247. The van der Waals surface area contributed by atoms with E-state index in [-0.39, 0.29) is 46.9 Å². The number of aliphatic imine (C=N–C) groups is 1. The number of hydrogen-bond donors (Lipinski definition) is 3. The molecule has 1 unspecified atom stereocenters. The summed E-state index contributed by atoms with van der Waals surface area (Å²) >= 11 is 5.82. The molecule has 4 N–H and O–H groups in total. The van der Waals surface area contributed by atoms with E-state index < -0.39 is 17.5 Å². The molecule has 4 rings (SSSR count). The Hall–Kier alpha value is -2.62. The zero-order valence-electron chi connectivity index (χ0n) is 16.7. The van der Waals surface area contributed by atoms with E-state index in [0.717, 1.165) is 6.07 Å². The molecule has 0 spiro atoms. The number of nitrogens with two attached hydrogens (primary N) is 1. The van der Waals surface area contributed by atoms with Gasteiger partial charge >= 0.3 is 0 Å². The monoisotopic (exact) mass is 451 g/mol. The summed E-state index contributed by atoms with van der Waals surface area (Å²) < 4.78 is 42.3. The molecule has 2 heterocycles. The van der Waals surface area contributed by atoms with E-state index in [1.807, 2.05) is 7.05 Å². The van der Waals surface area contributed by atoms with Crippen LogP contribution in [0.3, 0.4) is 0 Å². The Morgan fingerprint density at radius 2 is 2.03 bits per heavy atom. The van der Waals surface area contributed by atoms with Crippen LogP contribution in [0, 0.1) is 17.5 Å². The standard InChI is InChI=1S/C21H21ClF3N5O/c1-30-8-16(26)18(9-30)27-19-7-12-11(6-15(24)20(25)21(12)28-19)17(29-31)5-10-2-3-14(23)13(22)4-10/h2-4,6,16,18,31H,5,7-9,26H2,1H3,(H,27,28)/b29-17+/t16?,18-/m1/s1. The minimum Gasteiger partial charge on any atom is -0.411 e. The Labute approximate surface area is 182 Å². The zero-order valence-corrected chi connectivity index (χ0v) is 17.4. The highest BCUT2D eigenvalue weighted by atomic mass is 35.5. The van der Waals surface area contributed by atoms with Crippen molar-refractivity contribution < 1.29 is 18.4 Å². The van der Waals surface area contributed by atoms with Crippen LogP contribution in [0.25, 0.3) is 0 Å². The van der Waals surface area contributed by atoms with Crippen molar-refractivity contribution >= 4 is 28.8 Å². The molecule has 2 aliphatic heterocycles. The molecule has 1 saturated heterocycles. The lowest BCUT2D eigenvalue weighted by Crippen LogP contribution is -2.33. The van der Waals surface area contributed by atoms with E-state index >= 15 is 0 Å². The molecule has 10 heteroatoms. The van der Waals surface area contributed by atoms with Gasteiger partial charge < -0.3 is 21.2 Å². The van der Waals surface area contributed by atoms with Crippen molar-refractivity contribution in [2.75, 3.05) is 25.5 Å². The molecule has 6 nitrogen and oxygen atoms in total. The quantitative estimate of drug-likeness (QED) is 0.378. The number of likely N-dealkylation sites (N-methyl/N-ethyl adjacent to an activating group) is 1. The molecular weight excluding hydrogens is 431 g/mol. The van der Waals surface area contributed by atoms with Crippen LogP contribution in [0.15, 0.2) is 34.4 Å². The largest absolute Gasteiger partial charge is 0.411 e. The number of fused-ring (bicyclic) bond motifs is 1. The lowest BCUT2D eigenvalue weighted by Gasteiger charge is -2.11. The lowest BCUT2D eigenvalue weighted by atomic mass is 9.95. The Balaban J connectivity index is 1.67. The Morgan fingerprint density at radius 3 is 2.68 bits per heavy atom. The van der Waals surface area contributed by atoms with Crippen LogP contribution in [-0.2, 0) is 12.8 Å². The second-order valence-electron chi connectivity index (χ2n) is 7.88. The fourth-order valence-corrected chi connectivity index (χ4v) is 4.25. The molecule has 0 amide bonds. The number of nitrogens with zero attached hydrogens (tertiary/aromatic N) is 3. The van der Waals surface area contributed by atoms with Gasteiger partial charge in [0.15, 0.2) is 11.6 Å². The van der Waals surface area contributed by atoms with Crippen molar-refractivity contribution in [1.82, 2.24) is 4.90 Å². The first kappa shape index (κ1) is 21.6. The predicted octanol–water partition coefficient (Wildman–Crippen LogP) is 3.19. The van der Waals surface area contributed by atoms with Crippen LogP contribution in [-0.4, -0.2) is 53.9 Å². The minimum absolute atomic E-state index is 0.0352. The molecule has 2 aromatic rings. The van der Waals surface area contributed by atoms with Gasteiger partial charge in [-0.1, -0.05) is 22.8 Å². The fourth-order valence-electron chi connectivity index (χ4n) is 4.04. The van der Waals surface area contributed by atoms with E-state index in [0.29, 0.717) is 30.1 Å². The number of rotatable bonds is 4. The average Bonchev–Trinajstić information content (AvgIpc) is 3.28. The molecule has 0 saturated carbocycles. The van der Waals surface area contributed by atoms with Gasteiger partial charge in [-0.05, 0) is 36.4 Å². The maximum absolute atomic E-state index is 14.5. The van der Waals surface area contributed by atoms with Crippen LogP contribution in [0.5, 0.6) is 0 Å². The third-order valence-corrected chi connectivity index (χ3v) is 5.85. The van der Waals surface area contributed by atoms with Crippen LogP contribution < -0.4 is 11.1 Å². The highest BCUT2D eigenvalue weighted by molar-refractivity contribution is 6.30. The van der Waals surface area contributed by atoms with Gasteiger partial charge in [-0.2, -0.15) is 0 Å². The van der Waals surface area contributed by atoms with E-state index in [1.54, 1.807) is 0 Å². The van der Waals surface area contributed by atoms with Gasteiger partial charge in [-0.3, -0.25) is 4.99 Å². The average molecular weight is 452 g/mol. The number of likely N-dealkylation sites (tertiary alicyclic amines) is 1. The normalized spacial score (nSPS) is 22.8. The maximum atomic E-state index is 14.5. The van der Waals surface area contributed by atoms with Crippen LogP contribution >= 0.6 is 11.6 Å². The van der Waals surface area contributed by atoms with Crippen molar-refractivity contribution in [2.24, 2.45) is 15.9 Å². The second kappa shape index (κ2) is 8.49. The van der Waals surface area contributed by atoms with E-state index in [4.69, 9.17) is 17.3 Å². The molecule has 0 bridgehead atoms. The molecule has 2 atom stereocenters.